The van der Waals surface area contributed by atoms with Gasteiger partial charge in [0.2, 0.25) is 0 Å². The average Bonchev–Trinajstić information content (AvgIpc) is 2.77. The number of hydrogen-bond donors (Lipinski definition) is 1. The topological polar surface area (TPSA) is 43.4 Å². The zero-order valence-corrected chi connectivity index (χ0v) is 10.5. The van der Waals surface area contributed by atoms with E-state index in [4.69, 9.17) is 9.47 Å². The third kappa shape index (κ3) is 3.49. The zero-order valence-electron chi connectivity index (χ0n) is 10.5. The highest BCUT2D eigenvalue weighted by molar-refractivity contribution is 5.13. The molecule has 1 atom stereocenters. The molecule has 0 radical (unpaired) electrons. The van der Waals surface area contributed by atoms with Crippen molar-refractivity contribution >= 4 is 0 Å². The van der Waals surface area contributed by atoms with Crippen LogP contribution in [0, 0.1) is 0 Å². The summed E-state index contributed by atoms with van der Waals surface area (Å²) in [6.45, 7) is 6.43. The third-order valence-electron chi connectivity index (χ3n) is 3.13. The molecule has 1 aromatic heterocycles. The molecule has 17 heavy (non-hydrogen) atoms. The largest absolute Gasteiger partial charge is 0.348 e. The lowest BCUT2D eigenvalue weighted by Crippen LogP contribution is -2.32. The van der Waals surface area contributed by atoms with Gasteiger partial charge in [-0.05, 0) is 31.5 Å². The van der Waals surface area contributed by atoms with E-state index in [1.54, 1.807) is 0 Å². The molecule has 1 N–H and O–H groups in total. The number of hydrogen-bond acceptors (Lipinski definition) is 4. The second-order valence-corrected chi connectivity index (χ2v) is 4.54. The first kappa shape index (κ1) is 12.5. The molecule has 0 bridgehead atoms. The summed E-state index contributed by atoms with van der Waals surface area (Å²) in [7, 11) is 0. The fourth-order valence-electron chi connectivity index (χ4n) is 1.99. The van der Waals surface area contributed by atoms with Gasteiger partial charge < -0.3 is 14.8 Å². The summed E-state index contributed by atoms with van der Waals surface area (Å²) in [5, 5.41) is 3.46. The number of nitrogens with one attached hydrogen (secondary N) is 1. The summed E-state index contributed by atoms with van der Waals surface area (Å²) in [5.41, 5.74) is 1.25. The summed E-state index contributed by atoms with van der Waals surface area (Å²) in [4.78, 5) is 4.01. The molecule has 1 fully saturated rings. The monoisotopic (exact) mass is 236 g/mol. The molecule has 2 rings (SSSR count). The SMILES string of the molecule is C[C@@H](NCCC1(C)OCCO1)c1ccncc1. The molecule has 4 nitrogen and oxygen atoms in total. The van der Waals surface area contributed by atoms with Crippen LogP contribution in [0.4, 0.5) is 0 Å². The van der Waals surface area contributed by atoms with Crippen LogP contribution < -0.4 is 5.32 Å². The number of rotatable bonds is 5. The molecule has 2 heterocycles. The molecule has 0 spiro atoms. The van der Waals surface area contributed by atoms with E-state index in [0.29, 0.717) is 19.3 Å². The fourth-order valence-corrected chi connectivity index (χ4v) is 1.99. The van der Waals surface area contributed by atoms with E-state index in [1.165, 1.54) is 5.56 Å². The maximum Gasteiger partial charge on any atom is 0.166 e. The van der Waals surface area contributed by atoms with Crippen LogP contribution >= 0.6 is 0 Å². The highest BCUT2D eigenvalue weighted by Gasteiger charge is 2.30. The molecule has 1 aromatic rings. The minimum absolute atomic E-state index is 0.322. The first-order chi connectivity index (χ1) is 8.20. The Bertz CT molecular complexity index is 337. The Hall–Kier alpha value is -0.970. The summed E-state index contributed by atoms with van der Waals surface area (Å²) in [5.74, 6) is -0.398. The summed E-state index contributed by atoms with van der Waals surface area (Å²) in [6, 6.07) is 4.38. The van der Waals surface area contributed by atoms with Crippen LogP contribution in [0.5, 0.6) is 0 Å². The van der Waals surface area contributed by atoms with Crippen molar-refractivity contribution in [1.29, 1.82) is 0 Å². The van der Waals surface area contributed by atoms with Crippen molar-refractivity contribution in [2.45, 2.75) is 32.1 Å². The van der Waals surface area contributed by atoms with Crippen LogP contribution in [0.2, 0.25) is 0 Å². The van der Waals surface area contributed by atoms with Gasteiger partial charge in [-0.25, -0.2) is 0 Å². The Labute approximate surface area is 102 Å². The average molecular weight is 236 g/mol. The lowest BCUT2D eigenvalue weighted by Gasteiger charge is -2.23. The molecule has 0 amide bonds. The van der Waals surface area contributed by atoms with Crippen LogP contribution in [0.15, 0.2) is 24.5 Å². The first-order valence-corrected chi connectivity index (χ1v) is 6.11. The Kier molecular flexibility index (Phi) is 4.10. The number of nitrogens with zero attached hydrogens (tertiary/aromatic N) is 1. The number of pyridine rings is 1. The predicted molar refractivity (Wildman–Crippen MR) is 65.6 cm³/mol. The molecule has 1 saturated heterocycles. The van der Waals surface area contributed by atoms with E-state index < -0.39 is 5.79 Å². The Morgan fingerprint density at radius 3 is 2.65 bits per heavy atom. The predicted octanol–water partition coefficient (Wildman–Crippen LogP) is 1.89. The van der Waals surface area contributed by atoms with Gasteiger partial charge in [0.05, 0.1) is 13.2 Å². The maximum absolute atomic E-state index is 5.56. The van der Waals surface area contributed by atoms with Crippen molar-refractivity contribution in [1.82, 2.24) is 10.3 Å². The van der Waals surface area contributed by atoms with Gasteiger partial charge in [0.15, 0.2) is 5.79 Å². The molecule has 0 unspecified atom stereocenters. The highest BCUT2D eigenvalue weighted by atomic mass is 16.7. The second-order valence-electron chi connectivity index (χ2n) is 4.54. The molecule has 0 saturated carbocycles. The van der Waals surface area contributed by atoms with Crippen LogP contribution in [-0.4, -0.2) is 30.5 Å². The minimum atomic E-state index is -0.398. The Morgan fingerprint density at radius 2 is 2.00 bits per heavy atom. The van der Waals surface area contributed by atoms with E-state index in [1.807, 2.05) is 31.5 Å². The van der Waals surface area contributed by atoms with E-state index in [9.17, 15) is 0 Å². The molecule has 0 aromatic carbocycles. The quantitative estimate of drug-likeness (QED) is 0.847. The van der Waals surface area contributed by atoms with Gasteiger partial charge in [-0.1, -0.05) is 0 Å². The molecule has 1 aliphatic heterocycles. The lowest BCUT2D eigenvalue weighted by atomic mass is 10.1. The van der Waals surface area contributed by atoms with Gasteiger partial charge in [0.1, 0.15) is 0 Å². The van der Waals surface area contributed by atoms with Crippen molar-refractivity contribution in [3.63, 3.8) is 0 Å². The minimum Gasteiger partial charge on any atom is -0.348 e. The highest BCUT2D eigenvalue weighted by Crippen LogP contribution is 2.22. The molecular weight excluding hydrogens is 216 g/mol. The van der Waals surface area contributed by atoms with Gasteiger partial charge in [0, 0.05) is 31.4 Å². The number of aromatic nitrogens is 1. The van der Waals surface area contributed by atoms with Gasteiger partial charge >= 0.3 is 0 Å². The Balaban J connectivity index is 1.75. The van der Waals surface area contributed by atoms with E-state index >= 15 is 0 Å². The third-order valence-corrected chi connectivity index (χ3v) is 3.13. The van der Waals surface area contributed by atoms with Crippen molar-refractivity contribution in [3.8, 4) is 0 Å². The van der Waals surface area contributed by atoms with E-state index in [0.717, 1.165) is 13.0 Å². The molecule has 4 heteroatoms. The van der Waals surface area contributed by atoms with Crippen molar-refractivity contribution in [2.24, 2.45) is 0 Å². The van der Waals surface area contributed by atoms with Crippen LogP contribution in [0.25, 0.3) is 0 Å². The molecular formula is C13H20N2O2. The van der Waals surface area contributed by atoms with Gasteiger partial charge in [-0.15, -0.1) is 0 Å². The van der Waals surface area contributed by atoms with Crippen molar-refractivity contribution in [2.75, 3.05) is 19.8 Å². The summed E-state index contributed by atoms with van der Waals surface area (Å²) < 4.78 is 11.1. The first-order valence-electron chi connectivity index (χ1n) is 6.11. The maximum atomic E-state index is 5.56. The Morgan fingerprint density at radius 1 is 1.35 bits per heavy atom. The lowest BCUT2D eigenvalue weighted by molar-refractivity contribution is -0.145. The standard InChI is InChI=1S/C13H20N2O2/c1-11(12-3-6-14-7-4-12)15-8-5-13(2)16-9-10-17-13/h3-4,6-7,11,15H,5,8-10H2,1-2H3/t11-/m1/s1. The van der Waals surface area contributed by atoms with Crippen LogP contribution in [0.1, 0.15) is 31.9 Å². The fraction of sp³-hybridized carbons (Fsp3) is 0.615. The van der Waals surface area contributed by atoms with Crippen molar-refractivity contribution < 1.29 is 9.47 Å². The van der Waals surface area contributed by atoms with Crippen molar-refractivity contribution in [3.05, 3.63) is 30.1 Å². The molecule has 94 valence electrons. The summed E-state index contributed by atoms with van der Waals surface area (Å²) >= 11 is 0. The van der Waals surface area contributed by atoms with Crippen LogP contribution in [-0.2, 0) is 9.47 Å². The molecule has 1 aliphatic rings. The number of ether oxygens (including phenoxy) is 2. The van der Waals surface area contributed by atoms with E-state index in [-0.39, 0.29) is 0 Å². The molecule has 0 aliphatic carbocycles. The van der Waals surface area contributed by atoms with E-state index in [2.05, 4.69) is 17.2 Å². The smallest absolute Gasteiger partial charge is 0.166 e. The van der Waals surface area contributed by atoms with Gasteiger partial charge in [-0.2, -0.15) is 0 Å². The van der Waals surface area contributed by atoms with Crippen LogP contribution in [0.3, 0.4) is 0 Å². The van der Waals surface area contributed by atoms with Gasteiger partial charge in [-0.3, -0.25) is 4.98 Å². The normalized spacial score (nSPS) is 20.4. The van der Waals surface area contributed by atoms with Gasteiger partial charge in [0.25, 0.3) is 0 Å². The second kappa shape index (κ2) is 5.58. The zero-order chi connectivity index (χ0) is 12.1. The summed E-state index contributed by atoms with van der Waals surface area (Å²) in [6.07, 6.45) is 4.50.